The van der Waals surface area contributed by atoms with Gasteiger partial charge in [0.25, 0.3) is 10.0 Å². The summed E-state index contributed by atoms with van der Waals surface area (Å²) in [5.74, 6) is -1.56. The highest BCUT2D eigenvalue weighted by Crippen LogP contribution is 2.40. The van der Waals surface area contributed by atoms with E-state index in [2.05, 4.69) is 0 Å². The quantitative estimate of drug-likeness (QED) is 0.242. The van der Waals surface area contributed by atoms with Gasteiger partial charge in [-0.15, -0.1) is 0 Å². The van der Waals surface area contributed by atoms with Gasteiger partial charge in [0, 0.05) is 12.0 Å². The molecule has 1 N–H and O–H groups in total. The van der Waals surface area contributed by atoms with Gasteiger partial charge in [-0.05, 0) is 66.9 Å². The van der Waals surface area contributed by atoms with Crippen LogP contribution in [0.2, 0.25) is 5.02 Å². The van der Waals surface area contributed by atoms with Crippen molar-refractivity contribution in [1.29, 1.82) is 0 Å². The first kappa shape index (κ1) is 28.4. The lowest BCUT2D eigenvalue weighted by atomic mass is 10.0. The summed E-state index contributed by atoms with van der Waals surface area (Å²) in [5.41, 5.74) is -0.0344. The molecule has 1 aliphatic heterocycles. The molecule has 0 aromatic heterocycles. The van der Waals surface area contributed by atoms with Crippen molar-refractivity contribution in [2.24, 2.45) is 0 Å². The largest absolute Gasteiger partial charge is 0.486 e. The number of hydrogen-bond acceptors (Lipinski definition) is 4. The Morgan fingerprint density at radius 1 is 1.15 bits per heavy atom. The fourth-order valence-electron chi connectivity index (χ4n) is 4.24. The average Bonchev–Trinajstić information content (AvgIpc) is 2.86. The molecule has 0 amide bonds. The summed E-state index contributed by atoms with van der Waals surface area (Å²) in [6.45, 7) is 1.30. The first-order valence-electron chi connectivity index (χ1n) is 11.6. The van der Waals surface area contributed by atoms with Gasteiger partial charge < -0.3 is 9.84 Å². The predicted octanol–water partition coefficient (Wildman–Crippen LogP) is 6.88. The van der Waals surface area contributed by atoms with Crippen LogP contribution in [0.15, 0.2) is 65.6 Å². The predicted molar refractivity (Wildman–Crippen MR) is 139 cm³/mol. The van der Waals surface area contributed by atoms with Crippen molar-refractivity contribution in [1.82, 2.24) is 0 Å². The zero-order valence-corrected chi connectivity index (χ0v) is 21.9. The summed E-state index contributed by atoms with van der Waals surface area (Å²) in [7, 11) is -4.54. The van der Waals surface area contributed by atoms with Crippen molar-refractivity contribution in [3.63, 3.8) is 0 Å². The van der Waals surface area contributed by atoms with E-state index < -0.39 is 44.5 Å². The highest BCUT2D eigenvalue weighted by molar-refractivity contribution is 7.92. The zero-order chi connectivity index (χ0) is 28.5. The van der Waals surface area contributed by atoms with Gasteiger partial charge in [0.05, 0.1) is 27.7 Å². The van der Waals surface area contributed by atoms with E-state index in [0.717, 1.165) is 22.5 Å². The fraction of sp³-hybridized carbons (Fsp3) is 0.222. The number of allylic oxidation sites excluding steroid dienone is 1. The molecule has 6 nitrogen and oxygen atoms in total. The van der Waals surface area contributed by atoms with Gasteiger partial charge in [0.15, 0.2) is 0 Å². The number of hydrogen-bond donors (Lipinski definition) is 1. The van der Waals surface area contributed by atoms with Crippen LogP contribution in [0.4, 0.5) is 23.2 Å². The molecule has 0 radical (unpaired) electrons. The van der Waals surface area contributed by atoms with Crippen LogP contribution in [0.5, 0.6) is 5.75 Å². The molecule has 206 valence electrons. The van der Waals surface area contributed by atoms with Gasteiger partial charge in [0.1, 0.15) is 17.7 Å². The Labute approximate surface area is 227 Å². The number of benzene rings is 3. The summed E-state index contributed by atoms with van der Waals surface area (Å²) >= 11 is 6.16. The first-order valence-corrected chi connectivity index (χ1v) is 13.4. The molecular weight excluding hydrogens is 562 g/mol. The third-order valence-corrected chi connectivity index (χ3v) is 8.18. The van der Waals surface area contributed by atoms with Gasteiger partial charge >= 0.3 is 12.1 Å². The summed E-state index contributed by atoms with van der Waals surface area (Å²) in [4.78, 5) is 10.5. The van der Waals surface area contributed by atoms with Gasteiger partial charge in [-0.2, -0.15) is 13.2 Å². The van der Waals surface area contributed by atoms with Crippen molar-refractivity contribution in [3.05, 3.63) is 88.2 Å². The van der Waals surface area contributed by atoms with E-state index in [1.807, 2.05) is 0 Å². The van der Waals surface area contributed by atoms with Gasteiger partial charge in [0.2, 0.25) is 0 Å². The average molecular weight is 584 g/mol. The number of rotatable bonds is 7. The minimum atomic E-state index is -4.76. The molecule has 0 fully saturated rings. The second-order valence-electron chi connectivity index (χ2n) is 8.89. The second kappa shape index (κ2) is 10.9. The first-order chi connectivity index (χ1) is 18.3. The number of carbonyl (C=O) groups is 1. The smallest absolute Gasteiger partial charge is 0.416 e. The summed E-state index contributed by atoms with van der Waals surface area (Å²) < 4.78 is 88.5. The summed E-state index contributed by atoms with van der Waals surface area (Å²) in [6, 6.07) is 12.1. The van der Waals surface area contributed by atoms with Crippen LogP contribution in [0.1, 0.15) is 36.5 Å². The number of fused-ring (bicyclic) bond motifs is 1. The Bertz CT molecular complexity index is 1540. The fourth-order valence-corrected chi connectivity index (χ4v) is 6.10. The number of halogens is 5. The van der Waals surface area contributed by atoms with Crippen LogP contribution in [0.3, 0.4) is 0 Å². The Kier molecular flexibility index (Phi) is 7.94. The minimum absolute atomic E-state index is 0.0318. The lowest BCUT2D eigenvalue weighted by Gasteiger charge is -2.35. The molecule has 0 saturated carbocycles. The van der Waals surface area contributed by atoms with Crippen molar-refractivity contribution in [2.45, 2.75) is 36.9 Å². The molecule has 0 spiro atoms. The third-order valence-electron chi connectivity index (χ3n) is 6.08. The number of sulfonamides is 1. The molecule has 1 atom stereocenters. The SMILES string of the molecule is CC(=Cc1ccc2c(c1)N(S(=O)(=O)c1cccc(C(F)(F)F)c1)C[C@H](CCC(=O)O)O2)c1c(F)cccc1Cl. The molecular formula is C27H22ClF4NO5S. The third kappa shape index (κ3) is 6.20. The molecule has 12 heteroatoms. The van der Waals surface area contributed by atoms with E-state index in [0.29, 0.717) is 17.2 Å². The number of nitrogens with zero attached hydrogens (tertiary/aromatic N) is 1. The number of anilines is 1. The maximum atomic E-state index is 14.4. The summed E-state index contributed by atoms with van der Waals surface area (Å²) in [5, 5.41) is 9.25. The molecule has 3 aromatic carbocycles. The normalized spacial score (nSPS) is 16.0. The molecule has 1 aliphatic rings. The van der Waals surface area contributed by atoms with Crippen LogP contribution in [0.25, 0.3) is 11.6 Å². The van der Waals surface area contributed by atoms with Crippen LogP contribution in [-0.4, -0.2) is 32.1 Å². The van der Waals surface area contributed by atoms with Crippen molar-refractivity contribution < 1.29 is 40.6 Å². The van der Waals surface area contributed by atoms with E-state index in [9.17, 15) is 30.8 Å². The number of ether oxygens (including phenoxy) is 1. The van der Waals surface area contributed by atoms with Crippen molar-refractivity contribution >= 4 is 44.9 Å². The lowest BCUT2D eigenvalue weighted by Crippen LogP contribution is -2.43. The topological polar surface area (TPSA) is 83.9 Å². The Morgan fingerprint density at radius 3 is 2.54 bits per heavy atom. The zero-order valence-electron chi connectivity index (χ0n) is 20.4. The van der Waals surface area contributed by atoms with E-state index in [1.54, 1.807) is 19.1 Å². The van der Waals surface area contributed by atoms with Gasteiger partial charge in [-0.3, -0.25) is 9.10 Å². The van der Waals surface area contributed by atoms with E-state index >= 15 is 0 Å². The molecule has 1 heterocycles. The standard InChI is InChI=1S/C27H22ClF4NO5S/c1-16(26-21(28)6-3-7-22(26)29)12-17-8-10-24-23(13-17)33(15-19(38-24)9-11-25(34)35)39(36,37)20-5-2-4-18(14-20)27(30,31)32/h2-8,10,12-14,19H,9,11,15H2,1H3,(H,34,35)/t19-/m0/s1. The van der Waals surface area contributed by atoms with Crippen molar-refractivity contribution in [3.8, 4) is 5.75 Å². The molecule has 4 rings (SSSR count). The Balaban J connectivity index is 1.80. The lowest BCUT2D eigenvalue weighted by molar-refractivity contribution is -0.138. The van der Waals surface area contributed by atoms with Gasteiger partial charge in [-0.25, -0.2) is 12.8 Å². The number of aliphatic carboxylic acids is 1. The Hall–Kier alpha value is -3.57. The monoisotopic (exact) mass is 583 g/mol. The molecule has 3 aromatic rings. The molecule has 0 aliphatic carbocycles. The van der Waals surface area contributed by atoms with E-state index in [-0.39, 0.29) is 41.4 Å². The number of carboxylic acid groups (broad SMARTS) is 1. The van der Waals surface area contributed by atoms with Crippen LogP contribution < -0.4 is 9.04 Å². The van der Waals surface area contributed by atoms with E-state index in [4.69, 9.17) is 21.4 Å². The maximum Gasteiger partial charge on any atom is 0.416 e. The van der Waals surface area contributed by atoms with Crippen molar-refractivity contribution in [2.75, 3.05) is 10.8 Å². The Morgan fingerprint density at radius 2 is 1.87 bits per heavy atom. The molecule has 0 unspecified atom stereocenters. The molecule has 39 heavy (non-hydrogen) atoms. The molecule has 0 saturated heterocycles. The van der Waals surface area contributed by atoms with Crippen LogP contribution in [0, 0.1) is 5.82 Å². The van der Waals surface area contributed by atoms with Crippen LogP contribution in [-0.2, 0) is 21.0 Å². The van der Waals surface area contributed by atoms with E-state index in [1.165, 1.54) is 30.3 Å². The highest BCUT2D eigenvalue weighted by atomic mass is 35.5. The maximum absolute atomic E-state index is 14.4. The number of carboxylic acids is 1. The minimum Gasteiger partial charge on any atom is -0.486 e. The number of alkyl halides is 3. The second-order valence-corrected chi connectivity index (χ2v) is 11.2. The summed E-state index contributed by atoms with van der Waals surface area (Å²) in [6.07, 6.45) is -4.39. The molecule has 0 bridgehead atoms. The highest BCUT2D eigenvalue weighted by Gasteiger charge is 2.37. The van der Waals surface area contributed by atoms with Gasteiger partial charge in [-0.1, -0.05) is 35.9 Å². The van der Waals surface area contributed by atoms with Crippen LogP contribution >= 0.6 is 11.6 Å².